The molecule has 19 heavy (non-hydrogen) atoms. The normalized spacial score (nSPS) is 12.4. The van der Waals surface area contributed by atoms with Crippen LogP contribution in [0.25, 0.3) is 0 Å². The topological polar surface area (TPSA) is 81.2 Å². The SMILES string of the molecule is O=[N+]([O-])c1ccn(CC(O)c2c(F)cccc2F)n1. The fourth-order valence-corrected chi connectivity index (χ4v) is 1.65. The van der Waals surface area contributed by atoms with E-state index in [2.05, 4.69) is 5.10 Å². The number of aromatic nitrogens is 2. The molecule has 0 amide bonds. The van der Waals surface area contributed by atoms with Crippen molar-refractivity contribution in [2.24, 2.45) is 0 Å². The Kier molecular flexibility index (Phi) is 3.52. The van der Waals surface area contributed by atoms with Crippen molar-refractivity contribution in [1.82, 2.24) is 9.78 Å². The highest BCUT2D eigenvalue weighted by molar-refractivity contribution is 5.22. The number of hydrogen-bond acceptors (Lipinski definition) is 4. The van der Waals surface area contributed by atoms with Crippen LogP contribution in [0.1, 0.15) is 11.7 Å². The number of hydrogen-bond donors (Lipinski definition) is 1. The van der Waals surface area contributed by atoms with Gasteiger partial charge in [0.25, 0.3) is 0 Å². The first kappa shape index (κ1) is 13.1. The molecule has 0 radical (unpaired) electrons. The lowest BCUT2D eigenvalue weighted by molar-refractivity contribution is -0.389. The number of rotatable bonds is 4. The molecule has 1 N–H and O–H groups in total. The first-order valence-electron chi connectivity index (χ1n) is 5.29. The standard InChI is InChI=1S/C11H9F2N3O3/c12-7-2-1-3-8(13)11(7)9(17)6-15-5-4-10(14-15)16(18)19/h1-5,9,17H,6H2. The van der Waals surface area contributed by atoms with Gasteiger partial charge in [-0.25, -0.2) is 8.78 Å². The molecule has 6 nitrogen and oxygen atoms in total. The Balaban J connectivity index is 2.20. The summed E-state index contributed by atoms with van der Waals surface area (Å²) < 4.78 is 27.8. The smallest absolute Gasteiger partial charge is 0.386 e. The van der Waals surface area contributed by atoms with E-state index in [1.165, 1.54) is 12.3 Å². The fourth-order valence-electron chi connectivity index (χ4n) is 1.65. The molecule has 1 aromatic carbocycles. The van der Waals surface area contributed by atoms with Crippen LogP contribution in [-0.4, -0.2) is 19.8 Å². The third kappa shape index (κ3) is 2.74. The summed E-state index contributed by atoms with van der Waals surface area (Å²) in [5.74, 6) is -2.16. The second-order valence-electron chi connectivity index (χ2n) is 3.80. The average Bonchev–Trinajstić information content (AvgIpc) is 2.77. The molecule has 0 saturated carbocycles. The van der Waals surface area contributed by atoms with Gasteiger partial charge in [0.2, 0.25) is 0 Å². The van der Waals surface area contributed by atoms with E-state index in [4.69, 9.17) is 0 Å². The second-order valence-corrected chi connectivity index (χ2v) is 3.80. The van der Waals surface area contributed by atoms with E-state index >= 15 is 0 Å². The Morgan fingerprint density at radius 3 is 2.53 bits per heavy atom. The lowest BCUT2D eigenvalue weighted by Crippen LogP contribution is -2.12. The summed E-state index contributed by atoms with van der Waals surface area (Å²) in [5, 5.41) is 23.7. The lowest BCUT2D eigenvalue weighted by atomic mass is 10.1. The van der Waals surface area contributed by atoms with Gasteiger partial charge in [0, 0.05) is 0 Å². The highest BCUT2D eigenvalue weighted by Gasteiger charge is 2.20. The van der Waals surface area contributed by atoms with Gasteiger partial charge in [0.05, 0.1) is 29.5 Å². The molecular weight excluding hydrogens is 260 g/mol. The van der Waals surface area contributed by atoms with E-state index in [1.807, 2.05) is 0 Å². The number of nitrogens with zero attached hydrogens (tertiary/aromatic N) is 3. The first-order valence-corrected chi connectivity index (χ1v) is 5.29. The number of nitro groups is 1. The Morgan fingerprint density at radius 1 is 1.37 bits per heavy atom. The predicted molar refractivity (Wildman–Crippen MR) is 60.2 cm³/mol. The van der Waals surface area contributed by atoms with Crippen LogP contribution >= 0.6 is 0 Å². The summed E-state index contributed by atoms with van der Waals surface area (Å²) in [6.45, 7) is -0.286. The minimum atomic E-state index is -1.49. The fraction of sp³-hybridized carbons (Fsp3) is 0.182. The molecular formula is C11H9F2N3O3. The van der Waals surface area contributed by atoms with E-state index in [9.17, 15) is 24.0 Å². The van der Waals surface area contributed by atoms with Gasteiger partial charge in [-0.05, 0) is 17.1 Å². The molecule has 2 rings (SSSR count). The molecule has 100 valence electrons. The van der Waals surface area contributed by atoms with Crippen LogP contribution in [0.15, 0.2) is 30.5 Å². The molecule has 1 aromatic heterocycles. The maximum absolute atomic E-state index is 13.4. The Labute approximate surface area is 106 Å². The van der Waals surface area contributed by atoms with Gasteiger partial charge >= 0.3 is 5.82 Å². The molecule has 0 saturated heterocycles. The van der Waals surface area contributed by atoms with Gasteiger partial charge < -0.3 is 15.2 Å². The van der Waals surface area contributed by atoms with Crippen LogP contribution in [-0.2, 0) is 6.54 Å². The molecule has 0 fully saturated rings. The Hall–Kier alpha value is -2.35. The second kappa shape index (κ2) is 5.11. The van der Waals surface area contributed by atoms with Gasteiger partial charge in [0.1, 0.15) is 17.7 Å². The van der Waals surface area contributed by atoms with Crippen LogP contribution in [0.2, 0.25) is 0 Å². The lowest BCUT2D eigenvalue weighted by Gasteiger charge is -2.11. The highest BCUT2D eigenvalue weighted by atomic mass is 19.1. The summed E-state index contributed by atoms with van der Waals surface area (Å²) in [6.07, 6.45) is -0.235. The Bertz CT molecular complexity index is 595. The van der Waals surface area contributed by atoms with Crippen LogP contribution in [0.3, 0.4) is 0 Å². The van der Waals surface area contributed by atoms with Crippen molar-refractivity contribution in [1.29, 1.82) is 0 Å². The van der Waals surface area contributed by atoms with Gasteiger partial charge in [-0.3, -0.25) is 0 Å². The van der Waals surface area contributed by atoms with Gasteiger partial charge in [0.15, 0.2) is 0 Å². The average molecular weight is 269 g/mol. The molecule has 8 heteroatoms. The number of aliphatic hydroxyl groups excluding tert-OH is 1. The molecule has 1 heterocycles. The summed E-state index contributed by atoms with van der Waals surface area (Å²) in [4.78, 5) is 9.72. The molecule has 1 atom stereocenters. The van der Waals surface area contributed by atoms with E-state index in [-0.39, 0.29) is 6.54 Å². The van der Waals surface area contributed by atoms with Crippen LogP contribution in [0.4, 0.5) is 14.6 Å². The van der Waals surface area contributed by atoms with Crippen LogP contribution < -0.4 is 0 Å². The zero-order valence-electron chi connectivity index (χ0n) is 9.53. The maximum atomic E-state index is 13.4. The maximum Gasteiger partial charge on any atom is 0.389 e. The monoisotopic (exact) mass is 269 g/mol. The molecule has 1 unspecified atom stereocenters. The van der Waals surface area contributed by atoms with E-state index in [0.29, 0.717) is 0 Å². The first-order chi connectivity index (χ1) is 8.99. The number of halogens is 2. The summed E-state index contributed by atoms with van der Waals surface area (Å²) in [7, 11) is 0. The Morgan fingerprint density at radius 2 is 2.00 bits per heavy atom. The molecule has 2 aromatic rings. The minimum absolute atomic E-state index is 0.286. The highest BCUT2D eigenvalue weighted by Crippen LogP contribution is 2.22. The molecule has 0 aliphatic heterocycles. The summed E-state index contributed by atoms with van der Waals surface area (Å²) in [6, 6.07) is 4.35. The van der Waals surface area contributed by atoms with E-state index in [1.54, 1.807) is 0 Å². The number of aliphatic hydroxyl groups is 1. The van der Waals surface area contributed by atoms with Crippen molar-refractivity contribution in [3.63, 3.8) is 0 Å². The van der Waals surface area contributed by atoms with Gasteiger partial charge in [-0.2, -0.15) is 4.68 Å². The van der Waals surface area contributed by atoms with Gasteiger partial charge in [-0.1, -0.05) is 6.07 Å². The predicted octanol–water partition coefficient (Wildman–Crippen LogP) is 1.80. The molecule has 0 aliphatic rings. The van der Waals surface area contributed by atoms with Crippen LogP contribution in [0.5, 0.6) is 0 Å². The van der Waals surface area contributed by atoms with Crippen molar-refractivity contribution in [3.8, 4) is 0 Å². The van der Waals surface area contributed by atoms with Crippen molar-refractivity contribution in [2.45, 2.75) is 12.6 Å². The van der Waals surface area contributed by atoms with Crippen molar-refractivity contribution in [2.75, 3.05) is 0 Å². The van der Waals surface area contributed by atoms with Gasteiger partial charge in [-0.15, -0.1) is 0 Å². The molecule has 0 aliphatic carbocycles. The zero-order chi connectivity index (χ0) is 14.0. The van der Waals surface area contributed by atoms with Crippen LogP contribution in [0, 0.1) is 21.7 Å². The quantitative estimate of drug-likeness (QED) is 0.677. The number of benzene rings is 1. The molecule has 0 spiro atoms. The van der Waals surface area contributed by atoms with Crippen molar-refractivity contribution >= 4 is 5.82 Å². The zero-order valence-corrected chi connectivity index (χ0v) is 9.53. The van der Waals surface area contributed by atoms with Crippen molar-refractivity contribution in [3.05, 3.63) is 57.8 Å². The van der Waals surface area contributed by atoms with Crippen molar-refractivity contribution < 1.29 is 18.8 Å². The summed E-state index contributed by atoms with van der Waals surface area (Å²) in [5.41, 5.74) is -0.486. The largest absolute Gasteiger partial charge is 0.389 e. The van der Waals surface area contributed by atoms with E-state index in [0.717, 1.165) is 22.9 Å². The summed E-state index contributed by atoms with van der Waals surface area (Å²) >= 11 is 0. The van der Waals surface area contributed by atoms with E-state index < -0.39 is 34.0 Å². The molecule has 0 bridgehead atoms. The third-order valence-electron chi connectivity index (χ3n) is 2.51. The minimum Gasteiger partial charge on any atom is -0.386 e. The third-order valence-corrected chi connectivity index (χ3v) is 2.51.